The maximum atomic E-state index is 12.7. The van der Waals surface area contributed by atoms with Crippen LogP contribution < -0.4 is 5.32 Å². The van der Waals surface area contributed by atoms with E-state index in [4.69, 9.17) is 0 Å². The molecule has 0 saturated carbocycles. The molecule has 1 aliphatic rings. The van der Waals surface area contributed by atoms with Gasteiger partial charge in [-0.15, -0.1) is 0 Å². The summed E-state index contributed by atoms with van der Waals surface area (Å²) in [6.07, 6.45) is 7.00. The topological polar surface area (TPSA) is 88.1 Å². The predicted molar refractivity (Wildman–Crippen MR) is 101 cm³/mol. The van der Waals surface area contributed by atoms with Gasteiger partial charge < -0.3 is 10.2 Å². The molecule has 2 aromatic heterocycles. The van der Waals surface area contributed by atoms with Gasteiger partial charge in [0.05, 0.1) is 29.0 Å². The van der Waals surface area contributed by atoms with Crippen LogP contribution in [0, 0.1) is 5.41 Å². The minimum atomic E-state index is -0.404. The molecular formula is C18H23N5O2S. The van der Waals surface area contributed by atoms with Gasteiger partial charge in [0, 0.05) is 25.1 Å². The SMILES string of the molecule is CC(=O)Nc1ncc(-c2cnc(C3CCCN3C(=O)C(C)(C)C)cn2)s1. The Morgan fingerprint density at radius 3 is 2.58 bits per heavy atom. The highest BCUT2D eigenvalue weighted by molar-refractivity contribution is 7.19. The summed E-state index contributed by atoms with van der Waals surface area (Å²) in [5.41, 5.74) is 1.11. The Labute approximate surface area is 156 Å². The van der Waals surface area contributed by atoms with Gasteiger partial charge in [-0.25, -0.2) is 4.98 Å². The fraction of sp³-hybridized carbons (Fsp3) is 0.500. The third kappa shape index (κ3) is 3.90. The molecule has 0 aliphatic carbocycles. The first-order chi connectivity index (χ1) is 12.3. The number of rotatable bonds is 3. The van der Waals surface area contributed by atoms with E-state index in [0.29, 0.717) is 10.8 Å². The van der Waals surface area contributed by atoms with E-state index in [-0.39, 0.29) is 17.9 Å². The molecule has 1 fully saturated rings. The smallest absolute Gasteiger partial charge is 0.228 e. The van der Waals surface area contributed by atoms with E-state index in [1.165, 1.54) is 18.3 Å². The molecule has 3 heterocycles. The van der Waals surface area contributed by atoms with Crippen molar-refractivity contribution in [1.82, 2.24) is 19.9 Å². The Hall–Kier alpha value is -2.35. The molecule has 0 spiro atoms. The van der Waals surface area contributed by atoms with Crippen LogP contribution in [0.5, 0.6) is 0 Å². The van der Waals surface area contributed by atoms with Gasteiger partial charge in [0.25, 0.3) is 0 Å². The van der Waals surface area contributed by atoms with Gasteiger partial charge in [-0.2, -0.15) is 0 Å². The summed E-state index contributed by atoms with van der Waals surface area (Å²) < 4.78 is 0. The predicted octanol–water partition coefficient (Wildman–Crippen LogP) is 3.27. The summed E-state index contributed by atoms with van der Waals surface area (Å²) >= 11 is 1.35. The van der Waals surface area contributed by atoms with E-state index in [9.17, 15) is 9.59 Å². The van der Waals surface area contributed by atoms with Gasteiger partial charge in [-0.3, -0.25) is 19.6 Å². The monoisotopic (exact) mass is 373 g/mol. The van der Waals surface area contributed by atoms with Gasteiger partial charge in [0.2, 0.25) is 11.8 Å². The number of thiazole rings is 1. The van der Waals surface area contributed by atoms with E-state index < -0.39 is 5.41 Å². The molecule has 1 atom stereocenters. The number of hydrogen-bond acceptors (Lipinski definition) is 6. The summed E-state index contributed by atoms with van der Waals surface area (Å²) in [6, 6.07) is -0.0142. The molecule has 1 aliphatic heterocycles. The third-order valence-electron chi connectivity index (χ3n) is 4.21. The number of nitrogens with zero attached hydrogens (tertiary/aromatic N) is 4. The van der Waals surface area contributed by atoms with Crippen LogP contribution >= 0.6 is 11.3 Å². The van der Waals surface area contributed by atoms with Crippen LogP contribution in [0.25, 0.3) is 10.6 Å². The number of nitrogens with one attached hydrogen (secondary N) is 1. The Morgan fingerprint density at radius 2 is 1.96 bits per heavy atom. The second-order valence-corrected chi connectivity index (χ2v) is 8.47. The highest BCUT2D eigenvalue weighted by Gasteiger charge is 2.36. The molecule has 0 bridgehead atoms. The normalized spacial score (nSPS) is 17.4. The summed E-state index contributed by atoms with van der Waals surface area (Å²) in [5.74, 6) is -0.00884. The van der Waals surface area contributed by atoms with Crippen molar-refractivity contribution in [3.05, 3.63) is 24.3 Å². The number of hydrogen-bond donors (Lipinski definition) is 1. The lowest BCUT2D eigenvalue weighted by Crippen LogP contribution is -2.39. The maximum absolute atomic E-state index is 12.7. The highest BCUT2D eigenvalue weighted by Crippen LogP contribution is 2.35. The van der Waals surface area contributed by atoms with Gasteiger partial charge in [0.15, 0.2) is 5.13 Å². The zero-order valence-electron chi connectivity index (χ0n) is 15.4. The molecule has 0 radical (unpaired) electrons. The van der Waals surface area contributed by atoms with Crippen LogP contribution in [0.1, 0.15) is 52.3 Å². The molecule has 1 N–H and O–H groups in total. The van der Waals surface area contributed by atoms with Crippen LogP contribution in [-0.2, 0) is 9.59 Å². The highest BCUT2D eigenvalue weighted by atomic mass is 32.1. The summed E-state index contributed by atoms with van der Waals surface area (Å²) in [5, 5.41) is 3.20. The average molecular weight is 373 g/mol. The minimum absolute atomic E-state index is 0.0142. The Kier molecular flexibility index (Phi) is 5.04. The van der Waals surface area contributed by atoms with E-state index in [1.807, 2.05) is 25.7 Å². The third-order valence-corrected chi connectivity index (χ3v) is 5.14. The van der Waals surface area contributed by atoms with Crippen molar-refractivity contribution in [1.29, 1.82) is 0 Å². The van der Waals surface area contributed by atoms with Crippen molar-refractivity contribution in [2.45, 2.75) is 46.6 Å². The van der Waals surface area contributed by atoms with Gasteiger partial charge in [-0.1, -0.05) is 32.1 Å². The van der Waals surface area contributed by atoms with E-state index in [2.05, 4.69) is 20.3 Å². The molecule has 2 amide bonds. The summed E-state index contributed by atoms with van der Waals surface area (Å²) in [6.45, 7) is 8.03. The maximum Gasteiger partial charge on any atom is 0.228 e. The summed E-state index contributed by atoms with van der Waals surface area (Å²) in [7, 11) is 0. The van der Waals surface area contributed by atoms with E-state index in [1.54, 1.807) is 18.6 Å². The van der Waals surface area contributed by atoms with Gasteiger partial charge in [-0.05, 0) is 12.8 Å². The molecule has 8 heteroatoms. The lowest BCUT2D eigenvalue weighted by Gasteiger charge is -2.30. The van der Waals surface area contributed by atoms with Crippen molar-refractivity contribution < 1.29 is 9.59 Å². The fourth-order valence-electron chi connectivity index (χ4n) is 2.99. The minimum Gasteiger partial charge on any atom is -0.334 e. The first-order valence-corrected chi connectivity index (χ1v) is 9.44. The number of likely N-dealkylation sites (tertiary alicyclic amines) is 1. The molecule has 26 heavy (non-hydrogen) atoms. The van der Waals surface area contributed by atoms with Crippen molar-refractivity contribution >= 4 is 28.3 Å². The van der Waals surface area contributed by atoms with Crippen molar-refractivity contribution in [3.63, 3.8) is 0 Å². The quantitative estimate of drug-likeness (QED) is 0.892. The van der Waals surface area contributed by atoms with Crippen LogP contribution in [-0.4, -0.2) is 38.2 Å². The summed E-state index contributed by atoms with van der Waals surface area (Å²) in [4.78, 5) is 39.7. The zero-order chi connectivity index (χ0) is 18.9. The molecule has 138 valence electrons. The standard InChI is InChI=1S/C18H23N5O2S/c1-11(24)22-17-21-10-15(26-17)13-9-19-12(8-20-13)14-6-5-7-23(14)16(25)18(2,3)4/h8-10,14H,5-7H2,1-4H3,(H,21,22,24). The first-order valence-electron chi connectivity index (χ1n) is 8.62. The van der Waals surface area contributed by atoms with Gasteiger partial charge in [0.1, 0.15) is 5.69 Å². The lowest BCUT2D eigenvalue weighted by molar-refractivity contribution is -0.140. The number of amides is 2. The first kappa shape index (κ1) is 18.4. The zero-order valence-corrected chi connectivity index (χ0v) is 16.3. The Balaban J connectivity index is 1.78. The number of carbonyl (C=O) groups is 2. The molecule has 0 aromatic carbocycles. The molecular weight excluding hydrogens is 350 g/mol. The average Bonchev–Trinajstić information content (AvgIpc) is 3.22. The van der Waals surface area contributed by atoms with Crippen molar-refractivity contribution in [3.8, 4) is 10.6 Å². The van der Waals surface area contributed by atoms with Crippen molar-refractivity contribution in [2.24, 2.45) is 5.41 Å². The Morgan fingerprint density at radius 1 is 1.19 bits per heavy atom. The second kappa shape index (κ2) is 7.11. The van der Waals surface area contributed by atoms with Crippen LogP contribution in [0.4, 0.5) is 5.13 Å². The molecule has 1 saturated heterocycles. The van der Waals surface area contributed by atoms with Gasteiger partial charge >= 0.3 is 0 Å². The number of aromatic nitrogens is 3. The lowest BCUT2D eigenvalue weighted by atomic mass is 9.94. The van der Waals surface area contributed by atoms with Crippen LogP contribution in [0.15, 0.2) is 18.6 Å². The molecule has 7 nitrogen and oxygen atoms in total. The fourth-order valence-corrected chi connectivity index (χ4v) is 3.81. The second-order valence-electron chi connectivity index (χ2n) is 7.44. The number of anilines is 1. The molecule has 1 unspecified atom stereocenters. The van der Waals surface area contributed by atoms with E-state index >= 15 is 0 Å². The van der Waals surface area contributed by atoms with Crippen LogP contribution in [0.2, 0.25) is 0 Å². The van der Waals surface area contributed by atoms with Crippen LogP contribution in [0.3, 0.4) is 0 Å². The largest absolute Gasteiger partial charge is 0.334 e. The molecule has 3 rings (SSSR count). The van der Waals surface area contributed by atoms with E-state index in [0.717, 1.165) is 30.0 Å². The van der Waals surface area contributed by atoms with Crippen molar-refractivity contribution in [2.75, 3.05) is 11.9 Å². The number of carbonyl (C=O) groups excluding carboxylic acids is 2. The Bertz CT molecular complexity index is 810. The molecule has 2 aromatic rings.